The number of carbonyl (C=O) groups is 4. The highest BCUT2D eigenvalue weighted by molar-refractivity contribution is 5.94. The summed E-state index contributed by atoms with van der Waals surface area (Å²) in [5.41, 5.74) is 6.87. The zero-order valence-electron chi connectivity index (χ0n) is 33.9. The second kappa shape index (κ2) is 14.9. The van der Waals surface area contributed by atoms with Gasteiger partial charge in [0.1, 0.15) is 23.0 Å². The highest BCUT2D eigenvalue weighted by Gasteiger charge is 2.56. The Hall–Kier alpha value is -6.80. The predicted octanol–water partition coefficient (Wildman–Crippen LogP) is 10.8. The van der Waals surface area contributed by atoms with Crippen LogP contribution >= 0.6 is 0 Å². The molecule has 1 spiro atoms. The van der Waals surface area contributed by atoms with Crippen LogP contribution in [0.3, 0.4) is 0 Å². The topological polar surface area (TPSA) is 105 Å². The highest BCUT2D eigenvalue weighted by Crippen LogP contribution is 2.64. The van der Waals surface area contributed by atoms with Gasteiger partial charge in [0.2, 0.25) is 0 Å². The summed E-state index contributed by atoms with van der Waals surface area (Å²) < 4.78 is 23.2. The molecule has 6 aromatic carbocycles. The van der Waals surface area contributed by atoms with E-state index in [1.807, 2.05) is 38.1 Å². The first-order valence-electron chi connectivity index (χ1n) is 19.6. The minimum Gasteiger partial charge on any atom is -0.423 e. The third-order valence-corrected chi connectivity index (χ3v) is 11.6. The van der Waals surface area contributed by atoms with Crippen molar-refractivity contribution in [3.8, 4) is 23.0 Å². The van der Waals surface area contributed by atoms with Crippen molar-refractivity contribution in [1.29, 1.82) is 0 Å². The van der Waals surface area contributed by atoms with Crippen LogP contribution in [0, 0.1) is 13.8 Å². The standard InChI is InChI=1S/C51H44O8/c1-31-25-39-41(27-43(31)58-47(54)35-17-21-37(22-18-35)56-45(52)33-13-9-7-10-14-33)51(29-49(39,3)4)30-50(5,6)40-26-32(2)44(28-42(40)51)59-48(55)36-19-23-38(24-20-36)57-46(53)34-15-11-8-12-16-34/h7-28H,29-30H2,1-6H3. The monoisotopic (exact) mass is 784 g/mol. The van der Waals surface area contributed by atoms with E-state index < -0.39 is 29.3 Å². The van der Waals surface area contributed by atoms with Crippen LogP contribution in [0.15, 0.2) is 133 Å². The van der Waals surface area contributed by atoms with Gasteiger partial charge in [-0.25, -0.2) is 19.2 Å². The Balaban J connectivity index is 1.05. The molecule has 0 aliphatic heterocycles. The fourth-order valence-electron chi connectivity index (χ4n) is 8.91. The van der Waals surface area contributed by atoms with Gasteiger partial charge in [0, 0.05) is 5.41 Å². The summed E-state index contributed by atoms with van der Waals surface area (Å²) in [6.07, 6.45) is 1.62. The van der Waals surface area contributed by atoms with E-state index in [1.165, 1.54) is 11.1 Å². The number of fused-ring (bicyclic) bond motifs is 4. The minimum atomic E-state index is -0.528. The predicted molar refractivity (Wildman–Crippen MR) is 224 cm³/mol. The van der Waals surface area contributed by atoms with Crippen molar-refractivity contribution in [3.63, 3.8) is 0 Å². The van der Waals surface area contributed by atoms with Crippen LogP contribution in [-0.4, -0.2) is 23.9 Å². The largest absolute Gasteiger partial charge is 0.423 e. The lowest BCUT2D eigenvalue weighted by molar-refractivity contribution is 0.0719. The number of benzene rings is 6. The van der Waals surface area contributed by atoms with Crippen LogP contribution < -0.4 is 18.9 Å². The van der Waals surface area contributed by atoms with Gasteiger partial charge in [-0.2, -0.15) is 0 Å². The number of ether oxygens (including phenoxy) is 4. The van der Waals surface area contributed by atoms with Gasteiger partial charge >= 0.3 is 23.9 Å². The number of hydrogen-bond donors (Lipinski definition) is 0. The molecule has 8 heteroatoms. The molecule has 0 bridgehead atoms. The smallest absolute Gasteiger partial charge is 0.343 e. The Morgan fingerprint density at radius 3 is 1.08 bits per heavy atom. The van der Waals surface area contributed by atoms with E-state index >= 15 is 0 Å². The number of aryl methyl sites for hydroxylation is 2. The van der Waals surface area contributed by atoms with E-state index in [2.05, 4.69) is 39.8 Å². The van der Waals surface area contributed by atoms with Crippen LogP contribution in [0.5, 0.6) is 23.0 Å². The van der Waals surface area contributed by atoms with E-state index in [4.69, 9.17) is 18.9 Å². The van der Waals surface area contributed by atoms with Crippen LogP contribution in [0.4, 0.5) is 0 Å². The van der Waals surface area contributed by atoms with Gasteiger partial charge in [0.25, 0.3) is 0 Å². The molecule has 0 unspecified atom stereocenters. The third-order valence-electron chi connectivity index (χ3n) is 11.6. The summed E-state index contributed by atoms with van der Waals surface area (Å²) in [5, 5.41) is 0. The maximum absolute atomic E-state index is 13.6. The van der Waals surface area contributed by atoms with Crippen molar-refractivity contribution in [3.05, 3.63) is 189 Å². The van der Waals surface area contributed by atoms with Gasteiger partial charge in [-0.15, -0.1) is 0 Å². The molecule has 0 aromatic heterocycles. The molecule has 0 N–H and O–H groups in total. The maximum atomic E-state index is 13.6. The summed E-state index contributed by atoms with van der Waals surface area (Å²) in [7, 11) is 0. The quantitative estimate of drug-likeness (QED) is 0.111. The number of esters is 4. The molecule has 296 valence electrons. The SMILES string of the molecule is Cc1cc2c(cc1OC(=O)c1ccc(OC(=O)c3ccccc3)cc1)C1(CC2(C)C)CC(C)(C)c2cc(C)c(OC(=O)c3ccc(OC(=O)c4ccccc4)cc3)cc21. The fourth-order valence-corrected chi connectivity index (χ4v) is 8.91. The van der Waals surface area contributed by atoms with E-state index in [9.17, 15) is 19.2 Å². The fraction of sp³-hybridized carbons (Fsp3) is 0.216. The van der Waals surface area contributed by atoms with Crippen molar-refractivity contribution in [1.82, 2.24) is 0 Å². The first-order valence-corrected chi connectivity index (χ1v) is 19.6. The molecule has 6 aromatic rings. The Morgan fingerprint density at radius 2 is 0.729 bits per heavy atom. The summed E-state index contributed by atoms with van der Waals surface area (Å²) in [6.45, 7) is 12.9. The summed E-state index contributed by atoms with van der Waals surface area (Å²) in [5.74, 6) is -0.467. The molecule has 0 atom stereocenters. The minimum absolute atomic E-state index is 0.208. The molecule has 2 aliphatic rings. The molecule has 2 aliphatic carbocycles. The average molecular weight is 785 g/mol. The zero-order chi connectivity index (χ0) is 41.7. The molecule has 0 saturated heterocycles. The summed E-state index contributed by atoms with van der Waals surface area (Å²) in [4.78, 5) is 52.3. The molecular formula is C51H44O8. The maximum Gasteiger partial charge on any atom is 0.343 e. The van der Waals surface area contributed by atoms with Gasteiger partial charge in [-0.05, 0) is 156 Å². The van der Waals surface area contributed by atoms with Crippen LogP contribution in [0.2, 0.25) is 0 Å². The molecule has 59 heavy (non-hydrogen) atoms. The van der Waals surface area contributed by atoms with Crippen LogP contribution in [-0.2, 0) is 16.2 Å². The Morgan fingerprint density at radius 1 is 0.407 bits per heavy atom. The number of rotatable bonds is 8. The van der Waals surface area contributed by atoms with E-state index in [0.29, 0.717) is 45.3 Å². The van der Waals surface area contributed by atoms with E-state index in [1.54, 1.807) is 97.1 Å². The summed E-state index contributed by atoms with van der Waals surface area (Å²) >= 11 is 0. The lowest BCUT2D eigenvalue weighted by Crippen LogP contribution is -2.27. The zero-order valence-corrected chi connectivity index (χ0v) is 33.9. The van der Waals surface area contributed by atoms with Crippen molar-refractivity contribution in [2.75, 3.05) is 0 Å². The van der Waals surface area contributed by atoms with Gasteiger partial charge in [-0.3, -0.25) is 0 Å². The Labute approximate surface area is 343 Å². The third kappa shape index (κ3) is 7.42. The number of hydrogen-bond acceptors (Lipinski definition) is 8. The lowest BCUT2D eigenvalue weighted by Gasteiger charge is -2.31. The molecule has 0 amide bonds. The second-order valence-corrected chi connectivity index (χ2v) is 16.9. The first-order chi connectivity index (χ1) is 28.1. The van der Waals surface area contributed by atoms with Crippen LogP contribution in [0.1, 0.15) is 115 Å². The van der Waals surface area contributed by atoms with Gasteiger partial charge in [-0.1, -0.05) is 76.2 Å². The van der Waals surface area contributed by atoms with Gasteiger partial charge < -0.3 is 18.9 Å². The van der Waals surface area contributed by atoms with Gasteiger partial charge in [0.15, 0.2) is 0 Å². The normalized spacial score (nSPS) is 15.2. The molecule has 0 fully saturated rings. The molecule has 8 nitrogen and oxygen atoms in total. The molecule has 0 radical (unpaired) electrons. The summed E-state index contributed by atoms with van der Waals surface area (Å²) in [6, 6.07) is 38.4. The molecular weight excluding hydrogens is 741 g/mol. The van der Waals surface area contributed by atoms with Gasteiger partial charge in [0.05, 0.1) is 22.3 Å². The van der Waals surface area contributed by atoms with Crippen molar-refractivity contribution < 1.29 is 38.1 Å². The van der Waals surface area contributed by atoms with Crippen molar-refractivity contribution >= 4 is 23.9 Å². The Kier molecular flexibility index (Phi) is 9.83. The second-order valence-electron chi connectivity index (χ2n) is 16.9. The van der Waals surface area contributed by atoms with Crippen molar-refractivity contribution in [2.24, 2.45) is 0 Å². The van der Waals surface area contributed by atoms with Crippen LogP contribution in [0.25, 0.3) is 0 Å². The molecule has 0 saturated carbocycles. The number of carbonyl (C=O) groups excluding carboxylic acids is 4. The average Bonchev–Trinajstić information content (AvgIpc) is 3.57. The highest BCUT2D eigenvalue weighted by atomic mass is 16.5. The first kappa shape index (κ1) is 39.0. The molecule has 0 heterocycles. The Bertz CT molecular complexity index is 2440. The lowest BCUT2D eigenvalue weighted by atomic mass is 9.72. The van der Waals surface area contributed by atoms with E-state index in [0.717, 1.165) is 35.1 Å². The van der Waals surface area contributed by atoms with E-state index in [-0.39, 0.29) is 10.8 Å². The molecule has 8 rings (SSSR count). The van der Waals surface area contributed by atoms with Crippen molar-refractivity contribution in [2.45, 2.75) is 70.6 Å².